The minimum atomic E-state index is -0.423. The molecule has 1 aliphatic heterocycles. The number of ketones is 1. The van der Waals surface area contributed by atoms with Gasteiger partial charge in [0.2, 0.25) is 0 Å². The van der Waals surface area contributed by atoms with Crippen LogP contribution in [0.3, 0.4) is 0 Å². The molecule has 0 fully saturated rings. The van der Waals surface area contributed by atoms with E-state index in [1.807, 2.05) is 0 Å². The molecule has 0 bridgehead atoms. The van der Waals surface area contributed by atoms with Crippen LogP contribution in [0.2, 0.25) is 5.02 Å². The van der Waals surface area contributed by atoms with Crippen LogP contribution in [0.4, 0.5) is 10.1 Å². The first-order chi connectivity index (χ1) is 7.08. The van der Waals surface area contributed by atoms with Gasteiger partial charge in [-0.15, -0.1) is 0 Å². The largest absolute Gasteiger partial charge is 0.384 e. The lowest BCUT2D eigenvalue weighted by Gasteiger charge is -2.07. The summed E-state index contributed by atoms with van der Waals surface area (Å²) in [5, 5.41) is 3.24. The maximum absolute atomic E-state index is 13.2. The third-order valence-electron chi connectivity index (χ3n) is 2.61. The van der Waals surface area contributed by atoms with Gasteiger partial charge in [0.05, 0.1) is 5.02 Å². The van der Waals surface area contributed by atoms with Gasteiger partial charge in [-0.1, -0.05) is 11.6 Å². The van der Waals surface area contributed by atoms with Gasteiger partial charge in [0.25, 0.3) is 0 Å². The zero-order valence-corrected chi connectivity index (χ0v) is 9.07. The maximum Gasteiger partial charge on any atom is 0.142 e. The quantitative estimate of drug-likeness (QED) is 0.842. The van der Waals surface area contributed by atoms with Gasteiger partial charge in [0.15, 0.2) is 0 Å². The monoisotopic (exact) mass is 227 g/mol. The summed E-state index contributed by atoms with van der Waals surface area (Å²) in [7, 11) is 0. The van der Waals surface area contributed by atoms with E-state index < -0.39 is 5.82 Å². The highest BCUT2D eigenvalue weighted by Crippen LogP contribution is 2.36. The van der Waals surface area contributed by atoms with Crippen molar-refractivity contribution in [2.45, 2.75) is 19.3 Å². The SMILES string of the molecule is CC(=O)CC1CNc2cc(Cl)c(F)cc21. The Bertz CT molecular complexity index is 419. The summed E-state index contributed by atoms with van der Waals surface area (Å²) in [6.07, 6.45) is 0.446. The molecular formula is C11H11ClFNO. The summed E-state index contributed by atoms with van der Waals surface area (Å²) >= 11 is 5.66. The fraction of sp³-hybridized carbons (Fsp3) is 0.364. The Morgan fingerprint density at radius 2 is 2.40 bits per heavy atom. The van der Waals surface area contributed by atoms with E-state index >= 15 is 0 Å². The molecule has 0 spiro atoms. The van der Waals surface area contributed by atoms with E-state index in [4.69, 9.17) is 11.6 Å². The molecule has 4 heteroatoms. The number of anilines is 1. The van der Waals surface area contributed by atoms with Gasteiger partial charge < -0.3 is 10.1 Å². The molecule has 0 saturated carbocycles. The smallest absolute Gasteiger partial charge is 0.142 e. The van der Waals surface area contributed by atoms with Crippen LogP contribution in [-0.2, 0) is 4.79 Å². The summed E-state index contributed by atoms with van der Waals surface area (Å²) in [4.78, 5) is 11.0. The molecule has 1 N–H and O–H groups in total. The standard InChI is InChI=1S/C11H11ClFNO/c1-6(15)2-7-5-14-11-4-9(12)10(13)3-8(7)11/h3-4,7,14H,2,5H2,1H3. The van der Waals surface area contributed by atoms with Gasteiger partial charge in [0.1, 0.15) is 11.6 Å². The van der Waals surface area contributed by atoms with E-state index in [9.17, 15) is 9.18 Å². The number of benzene rings is 1. The first-order valence-electron chi connectivity index (χ1n) is 4.80. The van der Waals surface area contributed by atoms with Crippen molar-refractivity contribution in [2.75, 3.05) is 11.9 Å². The molecule has 2 nitrogen and oxygen atoms in total. The van der Waals surface area contributed by atoms with E-state index in [0.717, 1.165) is 11.3 Å². The van der Waals surface area contributed by atoms with Crippen LogP contribution in [0.5, 0.6) is 0 Å². The molecule has 80 valence electrons. The molecule has 1 unspecified atom stereocenters. The fourth-order valence-electron chi connectivity index (χ4n) is 1.93. The molecule has 0 radical (unpaired) electrons. The van der Waals surface area contributed by atoms with Crippen molar-refractivity contribution in [2.24, 2.45) is 0 Å². The molecule has 0 aromatic heterocycles. The Hall–Kier alpha value is -1.09. The van der Waals surface area contributed by atoms with Crippen molar-refractivity contribution in [3.8, 4) is 0 Å². The van der Waals surface area contributed by atoms with Gasteiger partial charge in [-0.25, -0.2) is 4.39 Å². The number of Topliss-reactive ketones (excluding diaryl/α,β-unsaturated/α-hetero) is 1. The molecule has 1 heterocycles. The predicted octanol–water partition coefficient (Wildman–Crippen LogP) is 2.97. The Kier molecular flexibility index (Phi) is 2.65. The normalized spacial score (nSPS) is 18.5. The number of fused-ring (bicyclic) bond motifs is 1. The van der Waals surface area contributed by atoms with E-state index in [1.165, 1.54) is 6.07 Å². The highest BCUT2D eigenvalue weighted by molar-refractivity contribution is 6.31. The zero-order chi connectivity index (χ0) is 11.0. The lowest BCUT2D eigenvalue weighted by Crippen LogP contribution is -2.06. The average Bonchev–Trinajstić information content (AvgIpc) is 2.49. The molecule has 0 saturated heterocycles. The van der Waals surface area contributed by atoms with Crippen molar-refractivity contribution < 1.29 is 9.18 Å². The van der Waals surface area contributed by atoms with Gasteiger partial charge in [0, 0.05) is 24.6 Å². The summed E-state index contributed by atoms with van der Waals surface area (Å²) in [5.41, 5.74) is 1.69. The number of hydrogen-bond acceptors (Lipinski definition) is 2. The third kappa shape index (κ3) is 1.97. The molecule has 2 rings (SSSR count). The van der Waals surface area contributed by atoms with Crippen molar-refractivity contribution in [1.29, 1.82) is 0 Å². The number of carbonyl (C=O) groups excluding carboxylic acids is 1. The lowest BCUT2D eigenvalue weighted by atomic mass is 9.96. The fourth-order valence-corrected chi connectivity index (χ4v) is 2.09. The number of halogens is 2. The first-order valence-corrected chi connectivity index (χ1v) is 5.18. The maximum atomic E-state index is 13.2. The van der Waals surface area contributed by atoms with Gasteiger partial charge in [-0.2, -0.15) is 0 Å². The molecule has 0 amide bonds. The summed E-state index contributed by atoms with van der Waals surface area (Å²) in [6, 6.07) is 3.00. The topological polar surface area (TPSA) is 29.1 Å². The van der Waals surface area contributed by atoms with Crippen molar-refractivity contribution in [3.05, 3.63) is 28.5 Å². The predicted molar refractivity (Wildman–Crippen MR) is 57.9 cm³/mol. The van der Waals surface area contributed by atoms with Crippen LogP contribution in [0.15, 0.2) is 12.1 Å². The second-order valence-electron chi connectivity index (χ2n) is 3.84. The van der Waals surface area contributed by atoms with Gasteiger partial charge in [-0.3, -0.25) is 0 Å². The van der Waals surface area contributed by atoms with Crippen LogP contribution >= 0.6 is 11.6 Å². The summed E-state index contributed by atoms with van der Waals surface area (Å²) < 4.78 is 13.2. The van der Waals surface area contributed by atoms with Crippen molar-refractivity contribution >= 4 is 23.1 Å². The lowest BCUT2D eigenvalue weighted by molar-refractivity contribution is -0.117. The van der Waals surface area contributed by atoms with E-state index in [2.05, 4.69) is 5.32 Å². The molecule has 1 aromatic carbocycles. The minimum absolute atomic E-state index is 0.0734. The van der Waals surface area contributed by atoms with Crippen molar-refractivity contribution in [3.63, 3.8) is 0 Å². The zero-order valence-electron chi connectivity index (χ0n) is 8.31. The Morgan fingerprint density at radius 3 is 3.07 bits per heavy atom. The van der Waals surface area contributed by atoms with Crippen LogP contribution in [0.25, 0.3) is 0 Å². The second kappa shape index (κ2) is 3.81. The van der Waals surface area contributed by atoms with Crippen LogP contribution in [0, 0.1) is 5.82 Å². The highest BCUT2D eigenvalue weighted by atomic mass is 35.5. The summed E-state index contributed by atoms with van der Waals surface area (Å²) in [5.74, 6) is -0.234. The molecule has 1 aliphatic rings. The van der Waals surface area contributed by atoms with Gasteiger partial charge in [-0.05, 0) is 24.6 Å². The van der Waals surface area contributed by atoms with E-state index in [0.29, 0.717) is 13.0 Å². The molecule has 15 heavy (non-hydrogen) atoms. The first kappa shape index (κ1) is 10.4. The molecular weight excluding hydrogens is 217 g/mol. The Balaban J connectivity index is 2.34. The number of nitrogens with one attached hydrogen (secondary N) is 1. The van der Waals surface area contributed by atoms with Crippen LogP contribution in [0.1, 0.15) is 24.8 Å². The second-order valence-corrected chi connectivity index (χ2v) is 4.24. The molecule has 1 aromatic rings. The molecule has 1 atom stereocenters. The molecule has 0 aliphatic carbocycles. The number of rotatable bonds is 2. The third-order valence-corrected chi connectivity index (χ3v) is 2.89. The average molecular weight is 228 g/mol. The number of carbonyl (C=O) groups is 1. The Morgan fingerprint density at radius 1 is 1.67 bits per heavy atom. The number of hydrogen-bond donors (Lipinski definition) is 1. The van der Waals surface area contributed by atoms with Crippen molar-refractivity contribution in [1.82, 2.24) is 0 Å². The van der Waals surface area contributed by atoms with E-state index in [-0.39, 0.29) is 16.7 Å². The highest BCUT2D eigenvalue weighted by Gasteiger charge is 2.24. The van der Waals surface area contributed by atoms with Crippen LogP contribution < -0.4 is 5.32 Å². The van der Waals surface area contributed by atoms with E-state index in [1.54, 1.807) is 13.0 Å². The van der Waals surface area contributed by atoms with Gasteiger partial charge >= 0.3 is 0 Å². The minimum Gasteiger partial charge on any atom is -0.384 e. The summed E-state index contributed by atoms with van der Waals surface area (Å²) in [6.45, 7) is 2.22. The Labute approximate surface area is 92.4 Å². The van der Waals surface area contributed by atoms with Crippen LogP contribution in [-0.4, -0.2) is 12.3 Å².